The third-order valence-corrected chi connectivity index (χ3v) is 3.11. The van der Waals surface area contributed by atoms with Gasteiger partial charge in [-0.25, -0.2) is 0 Å². The van der Waals surface area contributed by atoms with E-state index in [2.05, 4.69) is 0 Å². The topological polar surface area (TPSA) is 37.4 Å². The molecular weight excluding hydrogens is 250 g/mol. The van der Waals surface area contributed by atoms with Crippen LogP contribution in [0.5, 0.6) is 0 Å². The third kappa shape index (κ3) is 3.32. The van der Waals surface area contributed by atoms with Gasteiger partial charge in [-0.2, -0.15) is 0 Å². The standard InChI is InChI=1S/C17H17NO2/c1-13-8-10-16(11-9-13)17(20)18(14(2)19)12-15-6-4-3-5-7-15/h3-11H,12H2,1-2H3. The van der Waals surface area contributed by atoms with E-state index in [0.29, 0.717) is 12.1 Å². The van der Waals surface area contributed by atoms with Gasteiger partial charge >= 0.3 is 0 Å². The lowest BCUT2D eigenvalue weighted by Crippen LogP contribution is -2.34. The lowest BCUT2D eigenvalue weighted by molar-refractivity contribution is -0.126. The largest absolute Gasteiger partial charge is 0.275 e. The Hall–Kier alpha value is -2.42. The molecule has 0 aliphatic heterocycles. The van der Waals surface area contributed by atoms with Gasteiger partial charge in [-0.15, -0.1) is 0 Å². The minimum atomic E-state index is -0.263. The lowest BCUT2D eigenvalue weighted by Gasteiger charge is -2.19. The van der Waals surface area contributed by atoms with Crippen LogP contribution in [0.1, 0.15) is 28.4 Å². The van der Waals surface area contributed by atoms with Crippen molar-refractivity contribution in [1.29, 1.82) is 0 Å². The van der Waals surface area contributed by atoms with E-state index in [4.69, 9.17) is 0 Å². The average Bonchev–Trinajstić information content (AvgIpc) is 2.45. The van der Waals surface area contributed by atoms with Crippen molar-refractivity contribution in [3.63, 3.8) is 0 Å². The van der Waals surface area contributed by atoms with Crippen molar-refractivity contribution in [2.45, 2.75) is 20.4 Å². The molecule has 102 valence electrons. The Labute approximate surface area is 118 Å². The Morgan fingerprint density at radius 3 is 2.10 bits per heavy atom. The van der Waals surface area contributed by atoms with Crippen LogP contribution < -0.4 is 0 Å². The molecule has 0 bridgehead atoms. The quantitative estimate of drug-likeness (QED) is 0.856. The molecule has 0 saturated heterocycles. The van der Waals surface area contributed by atoms with Crippen molar-refractivity contribution in [2.24, 2.45) is 0 Å². The first-order valence-corrected chi connectivity index (χ1v) is 6.51. The molecule has 0 saturated carbocycles. The number of nitrogens with zero attached hydrogens (tertiary/aromatic N) is 1. The second kappa shape index (κ2) is 6.15. The summed E-state index contributed by atoms with van der Waals surface area (Å²) in [5.74, 6) is -0.513. The highest BCUT2D eigenvalue weighted by Gasteiger charge is 2.19. The van der Waals surface area contributed by atoms with Gasteiger partial charge in [-0.3, -0.25) is 14.5 Å². The molecule has 3 nitrogen and oxygen atoms in total. The van der Waals surface area contributed by atoms with E-state index in [1.54, 1.807) is 12.1 Å². The van der Waals surface area contributed by atoms with Gasteiger partial charge in [-0.1, -0.05) is 48.0 Å². The summed E-state index contributed by atoms with van der Waals surface area (Å²) in [6.45, 7) is 3.67. The molecular formula is C17H17NO2. The molecule has 0 aliphatic carbocycles. The van der Waals surface area contributed by atoms with E-state index in [0.717, 1.165) is 11.1 Å². The molecule has 20 heavy (non-hydrogen) atoms. The minimum absolute atomic E-state index is 0.251. The molecule has 2 rings (SSSR count). The van der Waals surface area contributed by atoms with Crippen LogP contribution in [0, 0.1) is 6.92 Å². The van der Waals surface area contributed by atoms with Crippen LogP contribution >= 0.6 is 0 Å². The molecule has 0 fully saturated rings. The first-order chi connectivity index (χ1) is 9.58. The second-order valence-corrected chi connectivity index (χ2v) is 4.76. The molecule has 2 aromatic rings. The summed E-state index contributed by atoms with van der Waals surface area (Å²) in [5.41, 5.74) is 2.55. The fourth-order valence-electron chi connectivity index (χ4n) is 1.94. The molecule has 0 spiro atoms. The van der Waals surface area contributed by atoms with E-state index in [9.17, 15) is 9.59 Å². The Morgan fingerprint density at radius 2 is 1.55 bits per heavy atom. The normalized spacial score (nSPS) is 10.1. The van der Waals surface area contributed by atoms with E-state index >= 15 is 0 Å². The SMILES string of the molecule is CC(=O)N(Cc1ccccc1)C(=O)c1ccc(C)cc1. The number of rotatable bonds is 3. The number of imide groups is 1. The van der Waals surface area contributed by atoms with Crippen molar-refractivity contribution < 1.29 is 9.59 Å². The van der Waals surface area contributed by atoms with Gasteiger partial charge < -0.3 is 0 Å². The highest BCUT2D eigenvalue weighted by molar-refractivity contribution is 6.04. The third-order valence-electron chi connectivity index (χ3n) is 3.11. The summed E-state index contributed by atoms with van der Waals surface area (Å²) in [5, 5.41) is 0. The van der Waals surface area contributed by atoms with Crippen LogP contribution in [0.15, 0.2) is 54.6 Å². The Kier molecular flexibility index (Phi) is 4.31. The van der Waals surface area contributed by atoms with Gasteiger partial charge in [0.15, 0.2) is 0 Å². The highest BCUT2D eigenvalue weighted by Crippen LogP contribution is 2.11. The molecule has 0 unspecified atom stereocenters. The summed E-state index contributed by atoms with van der Waals surface area (Å²) >= 11 is 0. The predicted molar refractivity (Wildman–Crippen MR) is 78.2 cm³/mol. The van der Waals surface area contributed by atoms with E-state index < -0.39 is 0 Å². The van der Waals surface area contributed by atoms with Crippen molar-refractivity contribution in [3.8, 4) is 0 Å². The van der Waals surface area contributed by atoms with Gasteiger partial charge in [0.2, 0.25) is 5.91 Å². The number of hydrogen-bond acceptors (Lipinski definition) is 2. The Bertz CT molecular complexity index is 603. The first kappa shape index (κ1) is 14.0. The highest BCUT2D eigenvalue weighted by atomic mass is 16.2. The predicted octanol–water partition coefficient (Wildman–Crippen LogP) is 3.18. The smallest absolute Gasteiger partial charge is 0.260 e. The molecule has 2 aromatic carbocycles. The minimum Gasteiger partial charge on any atom is -0.275 e. The van der Waals surface area contributed by atoms with Gasteiger partial charge in [0.05, 0.1) is 6.54 Å². The fourth-order valence-corrected chi connectivity index (χ4v) is 1.94. The van der Waals surface area contributed by atoms with Crippen molar-refractivity contribution in [3.05, 3.63) is 71.3 Å². The van der Waals surface area contributed by atoms with Gasteiger partial charge in [0.25, 0.3) is 5.91 Å². The summed E-state index contributed by atoms with van der Waals surface area (Å²) in [6.07, 6.45) is 0. The average molecular weight is 267 g/mol. The lowest BCUT2D eigenvalue weighted by atomic mass is 10.1. The van der Waals surface area contributed by atoms with Crippen LogP contribution in [0.4, 0.5) is 0 Å². The van der Waals surface area contributed by atoms with Gasteiger partial charge in [-0.05, 0) is 24.6 Å². The molecule has 0 N–H and O–H groups in total. The molecule has 3 heteroatoms. The van der Waals surface area contributed by atoms with Crippen molar-refractivity contribution in [1.82, 2.24) is 4.90 Å². The number of carbonyl (C=O) groups is 2. The Balaban J connectivity index is 2.22. The molecule has 2 amide bonds. The zero-order valence-electron chi connectivity index (χ0n) is 11.7. The summed E-state index contributed by atoms with van der Waals surface area (Å²) in [6, 6.07) is 16.7. The molecule has 0 heterocycles. The molecule has 0 atom stereocenters. The number of benzene rings is 2. The molecule has 0 aromatic heterocycles. The second-order valence-electron chi connectivity index (χ2n) is 4.76. The fraction of sp³-hybridized carbons (Fsp3) is 0.176. The van der Waals surface area contributed by atoms with Crippen molar-refractivity contribution in [2.75, 3.05) is 0 Å². The maximum Gasteiger partial charge on any atom is 0.260 e. The van der Waals surface area contributed by atoms with Crippen LogP contribution in [0.25, 0.3) is 0 Å². The summed E-state index contributed by atoms with van der Waals surface area (Å²) in [7, 11) is 0. The first-order valence-electron chi connectivity index (χ1n) is 6.51. The van der Waals surface area contributed by atoms with E-state index in [1.807, 2.05) is 49.4 Å². The maximum atomic E-state index is 12.4. The summed E-state index contributed by atoms with van der Waals surface area (Å²) < 4.78 is 0. The van der Waals surface area contributed by atoms with Gasteiger partial charge in [0, 0.05) is 12.5 Å². The Morgan fingerprint density at radius 1 is 0.950 bits per heavy atom. The van der Waals surface area contributed by atoms with E-state index in [1.165, 1.54) is 11.8 Å². The van der Waals surface area contributed by atoms with Gasteiger partial charge in [0.1, 0.15) is 0 Å². The number of aryl methyl sites for hydroxylation is 1. The molecule has 0 aliphatic rings. The zero-order valence-corrected chi connectivity index (χ0v) is 11.7. The molecule has 0 radical (unpaired) electrons. The van der Waals surface area contributed by atoms with Crippen LogP contribution in [-0.2, 0) is 11.3 Å². The van der Waals surface area contributed by atoms with Crippen LogP contribution in [0.2, 0.25) is 0 Å². The van der Waals surface area contributed by atoms with Crippen LogP contribution in [0.3, 0.4) is 0 Å². The van der Waals surface area contributed by atoms with E-state index in [-0.39, 0.29) is 11.8 Å². The maximum absolute atomic E-state index is 12.4. The monoisotopic (exact) mass is 267 g/mol. The number of hydrogen-bond donors (Lipinski definition) is 0. The summed E-state index contributed by atoms with van der Waals surface area (Å²) in [4.78, 5) is 25.4. The van der Waals surface area contributed by atoms with Crippen molar-refractivity contribution >= 4 is 11.8 Å². The number of carbonyl (C=O) groups excluding carboxylic acids is 2. The number of amides is 2. The van der Waals surface area contributed by atoms with Crippen LogP contribution in [-0.4, -0.2) is 16.7 Å². The zero-order chi connectivity index (χ0) is 14.5.